The van der Waals surface area contributed by atoms with E-state index >= 15 is 0 Å². The third kappa shape index (κ3) is 4.22. The first-order valence-corrected chi connectivity index (χ1v) is 9.04. The number of ether oxygens (including phenoxy) is 2. The highest BCUT2D eigenvalue weighted by molar-refractivity contribution is 6.21. The molecule has 0 N–H and O–H groups in total. The molecule has 150 valence electrons. The molecular weight excluding hydrogens is 367 g/mol. The van der Waals surface area contributed by atoms with Gasteiger partial charge in [0.05, 0.1) is 37.4 Å². The zero-order valence-corrected chi connectivity index (χ0v) is 16.2. The van der Waals surface area contributed by atoms with E-state index in [1.807, 2.05) is 0 Å². The Morgan fingerprint density at radius 1 is 1.18 bits per heavy atom. The van der Waals surface area contributed by atoms with E-state index in [2.05, 4.69) is 0 Å². The van der Waals surface area contributed by atoms with Crippen molar-refractivity contribution in [3.8, 4) is 0 Å². The number of nitrogens with zero attached hydrogens (tertiary/aromatic N) is 2. The van der Waals surface area contributed by atoms with Gasteiger partial charge in [-0.1, -0.05) is 12.1 Å². The van der Waals surface area contributed by atoms with Crippen molar-refractivity contribution < 1.29 is 28.2 Å². The third-order valence-corrected chi connectivity index (χ3v) is 4.37. The van der Waals surface area contributed by atoms with Crippen LogP contribution in [-0.4, -0.2) is 66.2 Å². The molecule has 0 bridgehead atoms. The zero-order valence-electron chi connectivity index (χ0n) is 16.2. The summed E-state index contributed by atoms with van der Waals surface area (Å²) in [4.78, 5) is 39.4. The summed E-state index contributed by atoms with van der Waals surface area (Å²) < 4.78 is 25.7. The van der Waals surface area contributed by atoms with Crippen LogP contribution in [-0.2, 0) is 9.47 Å². The molecule has 1 fully saturated rings. The van der Waals surface area contributed by atoms with E-state index in [-0.39, 0.29) is 43.0 Å². The molecule has 8 heteroatoms. The van der Waals surface area contributed by atoms with Gasteiger partial charge in [0.1, 0.15) is 11.4 Å². The molecule has 3 rings (SSSR count). The van der Waals surface area contributed by atoms with Crippen LogP contribution in [0, 0.1) is 0 Å². The van der Waals surface area contributed by atoms with E-state index in [0.717, 1.165) is 4.90 Å². The van der Waals surface area contributed by atoms with E-state index in [9.17, 15) is 18.8 Å². The number of benzene rings is 1. The van der Waals surface area contributed by atoms with Crippen molar-refractivity contribution in [2.75, 3.05) is 32.8 Å². The lowest BCUT2D eigenvalue weighted by Crippen LogP contribution is -2.39. The summed E-state index contributed by atoms with van der Waals surface area (Å²) in [5.74, 6) is -1.73. The Balaban J connectivity index is 1.76. The molecule has 3 amide bonds. The molecule has 0 aliphatic carbocycles. The summed E-state index contributed by atoms with van der Waals surface area (Å²) in [5.41, 5.74) is 0.0582. The summed E-state index contributed by atoms with van der Waals surface area (Å²) in [6.45, 7) is 5.21. The maximum Gasteiger partial charge on any atom is 0.410 e. The molecule has 2 aliphatic heterocycles. The van der Waals surface area contributed by atoms with Crippen LogP contribution in [0.15, 0.2) is 35.7 Å². The molecule has 0 spiro atoms. The maximum absolute atomic E-state index is 14.9. The fourth-order valence-corrected chi connectivity index (χ4v) is 3.00. The number of hydrogen-bond donors (Lipinski definition) is 0. The van der Waals surface area contributed by atoms with Crippen LogP contribution in [0.1, 0.15) is 41.5 Å². The van der Waals surface area contributed by atoms with Crippen molar-refractivity contribution in [1.29, 1.82) is 0 Å². The molecule has 1 aromatic carbocycles. The van der Waals surface area contributed by atoms with Crippen LogP contribution >= 0.6 is 0 Å². The lowest BCUT2D eigenvalue weighted by Gasteiger charge is -2.26. The fraction of sp³-hybridized carbons (Fsp3) is 0.450. The van der Waals surface area contributed by atoms with Crippen LogP contribution in [0.2, 0.25) is 0 Å². The number of carbonyl (C=O) groups excluding carboxylic acids is 3. The van der Waals surface area contributed by atoms with Gasteiger partial charge in [-0.15, -0.1) is 0 Å². The molecule has 0 radical (unpaired) electrons. The quantitative estimate of drug-likeness (QED) is 0.726. The van der Waals surface area contributed by atoms with Gasteiger partial charge in [0.25, 0.3) is 11.8 Å². The Morgan fingerprint density at radius 2 is 1.79 bits per heavy atom. The van der Waals surface area contributed by atoms with Crippen LogP contribution in [0.25, 0.3) is 0 Å². The van der Waals surface area contributed by atoms with Crippen molar-refractivity contribution in [3.63, 3.8) is 0 Å². The van der Waals surface area contributed by atoms with Crippen LogP contribution in [0.3, 0.4) is 0 Å². The number of fused-ring (bicyclic) bond motifs is 1. The van der Waals surface area contributed by atoms with Crippen LogP contribution in [0.4, 0.5) is 9.18 Å². The normalized spacial score (nSPS) is 19.4. The first-order valence-electron chi connectivity index (χ1n) is 9.04. The van der Waals surface area contributed by atoms with E-state index in [4.69, 9.17) is 9.47 Å². The molecule has 0 saturated carbocycles. The van der Waals surface area contributed by atoms with Crippen molar-refractivity contribution in [1.82, 2.24) is 9.80 Å². The average Bonchev–Trinajstić information content (AvgIpc) is 2.82. The van der Waals surface area contributed by atoms with Gasteiger partial charge in [-0.05, 0) is 32.9 Å². The smallest absolute Gasteiger partial charge is 0.410 e. The second-order valence-corrected chi connectivity index (χ2v) is 7.70. The average molecular weight is 390 g/mol. The third-order valence-electron chi connectivity index (χ3n) is 4.37. The number of rotatable bonds is 2. The van der Waals surface area contributed by atoms with Gasteiger partial charge >= 0.3 is 6.09 Å². The second-order valence-electron chi connectivity index (χ2n) is 7.70. The Bertz CT molecular complexity index is 808. The molecule has 0 atom stereocenters. The van der Waals surface area contributed by atoms with E-state index in [1.165, 1.54) is 4.90 Å². The van der Waals surface area contributed by atoms with Gasteiger partial charge in [-0.3, -0.25) is 14.5 Å². The highest BCUT2D eigenvalue weighted by Gasteiger charge is 2.36. The van der Waals surface area contributed by atoms with Gasteiger partial charge in [0.15, 0.2) is 0 Å². The number of carbonyl (C=O) groups is 3. The minimum atomic E-state index is -0.674. The first kappa shape index (κ1) is 20.0. The van der Waals surface area contributed by atoms with Crippen molar-refractivity contribution in [2.45, 2.75) is 26.4 Å². The molecule has 2 heterocycles. The Morgan fingerprint density at radius 3 is 2.36 bits per heavy atom. The molecule has 7 nitrogen and oxygen atoms in total. The standard InChI is InChI=1S/C20H23FN2O5/c1-20(2,3)28-19(26)22-8-9-27-12-13(10-22)16(21)11-23-17(24)14-6-4-5-7-15(14)18(23)25/h4-7H,8-12H2,1-3H3/b16-13-. The van der Waals surface area contributed by atoms with Gasteiger partial charge < -0.3 is 14.4 Å². The van der Waals surface area contributed by atoms with E-state index in [0.29, 0.717) is 0 Å². The molecule has 0 aromatic heterocycles. The lowest BCUT2D eigenvalue weighted by atomic mass is 10.1. The SMILES string of the molecule is CC(C)(C)OC(=O)N1CCOC/C(=C(\F)CN2C(=O)c3ccccc3C2=O)C1. The number of hydrogen-bond acceptors (Lipinski definition) is 5. The highest BCUT2D eigenvalue weighted by atomic mass is 19.1. The predicted molar refractivity (Wildman–Crippen MR) is 98.6 cm³/mol. The monoisotopic (exact) mass is 390 g/mol. The summed E-state index contributed by atoms with van der Waals surface area (Å²) in [6, 6.07) is 6.39. The Labute approximate surface area is 162 Å². The first-order chi connectivity index (χ1) is 13.2. The fourth-order valence-electron chi connectivity index (χ4n) is 3.00. The van der Waals surface area contributed by atoms with Gasteiger partial charge in [-0.2, -0.15) is 0 Å². The predicted octanol–water partition coefficient (Wildman–Crippen LogP) is 2.77. The lowest BCUT2D eigenvalue weighted by molar-refractivity contribution is 0.0248. The largest absolute Gasteiger partial charge is 0.444 e. The molecule has 1 aromatic rings. The Hall–Kier alpha value is -2.74. The molecule has 1 saturated heterocycles. The van der Waals surface area contributed by atoms with Crippen molar-refractivity contribution in [2.24, 2.45) is 0 Å². The zero-order chi connectivity index (χ0) is 20.5. The minimum Gasteiger partial charge on any atom is -0.444 e. The summed E-state index contributed by atoms with van der Waals surface area (Å²) in [5, 5.41) is 0. The summed E-state index contributed by atoms with van der Waals surface area (Å²) >= 11 is 0. The number of imide groups is 1. The van der Waals surface area contributed by atoms with E-state index in [1.54, 1.807) is 45.0 Å². The number of halogens is 1. The topological polar surface area (TPSA) is 76.2 Å². The van der Waals surface area contributed by atoms with Crippen molar-refractivity contribution >= 4 is 17.9 Å². The maximum atomic E-state index is 14.9. The molecule has 0 unspecified atom stereocenters. The summed E-state index contributed by atoms with van der Waals surface area (Å²) in [7, 11) is 0. The highest BCUT2D eigenvalue weighted by Crippen LogP contribution is 2.25. The Kier molecular flexibility index (Phi) is 5.51. The molecule has 2 aliphatic rings. The second kappa shape index (κ2) is 7.71. The molecular formula is C20H23FN2O5. The van der Waals surface area contributed by atoms with Gasteiger partial charge in [0.2, 0.25) is 0 Å². The minimum absolute atomic E-state index is 0.0195. The summed E-state index contributed by atoms with van der Waals surface area (Å²) in [6.07, 6.45) is -0.566. The van der Waals surface area contributed by atoms with Gasteiger partial charge in [0, 0.05) is 12.1 Å². The van der Waals surface area contributed by atoms with Crippen LogP contribution in [0.5, 0.6) is 0 Å². The molecule has 28 heavy (non-hydrogen) atoms. The van der Waals surface area contributed by atoms with E-state index < -0.39 is 35.9 Å². The van der Waals surface area contributed by atoms with Crippen molar-refractivity contribution in [3.05, 3.63) is 46.8 Å². The van der Waals surface area contributed by atoms with Gasteiger partial charge in [-0.25, -0.2) is 9.18 Å². The number of amides is 3. The van der Waals surface area contributed by atoms with Crippen LogP contribution < -0.4 is 0 Å².